The van der Waals surface area contributed by atoms with E-state index in [1.165, 1.54) is 10.9 Å². The average molecular weight is 421 g/mol. The fourth-order valence-electron chi connectivity index (χ4n) is 2.53. The maximum Gasteiger partial charge on any atom is 0.261 e. The quantitative estimate of drug-likeness (QED) is 0.456. The SMILES string of the molecule is C=C(/C=C\C(=C/N)c1noc(-c2cnn(CC(=O)NC(C)C)c2)n1)c1cnc(N)nc1. The minimum atomic E-state index is -0.138. The molecule has 0 aliphatic rings. The van der Waals surface area contributed by atoms with Crippen LogP contribution in [0.5, 0.6) is 0 Å². The first-order valence-corrected chi connectivity index (χ1v) is 9.38. The van der Waals surface area contributed by atoms with E-state index < -0.39 is 0 Å². The number of carbonyl (C=O) groups is 1. The van der Waals surface area contributed by atoms with Crippen LogP contribution in [-0.4, -0.2) is 41.8 Å². The normalized spacial score (nSPS) is 11.9. The predicted octanol–water partition coefficient (Wildman–Crippen LogP) is 1.40. The molecule has 11 heteroatoms. The van der Waals surface area contributed by atoms with Crippen molar-refractivity contribution in [3.8, 4) is 11.5 Å². The van der Waals surface area contributed by atoms with Crippen LogP contribution >= 0.6 is 0 Å². The second kappa shape index (κ2) is 9.48. The summed E-state index contributed by atoms with van der Waals surface area (Å²) in [6.07, 6.45) is 11.1. The number of hydrogen-bond donors (Lipinski definition) is 3. The highest BCUT2D eigenvalue weighted by Crippen LogP contribution is 2.21. The van der Waals surface area contributed by atoms with Crippen LogP contribution in [0, 0.1) is 0 Å². The van der Waals surface area contributed by atoms with Crippen molar-refractivity contribution in [1.82, 2.24) is 35.2 Å². The molecule has 3 aromatic heterocycles. The Morgan fingerprint density at radius 2 is 2.03 bits per heavy atom. The molecule has 3 rings (SSSR count). The molecule has 0 saturated carbocycles. The van der Waals surface area contributed by atoms with E-state index in [2.05, 4.69) is 37.1 Å². The molecule has 0 aliphatic carbocycles. The van der Waals surface area contributed by atoms with E-state index in [4.69, 9.17) is 16.0 Å². The molecule has 11 nitrogen and oxygen atoms in total. The van der Waals surface area contributed by atoms with Crippen molar-refractivity contribution >= 4 is 23.0 Å². The third-order valence-corrected chi connectivity index (χ3v) is 4.01. The zero-order chi connectivity index (χ0) is 22.4. The topological polar surface area (TPSA) is 164 Å². The molecular weight excluding hydrogens is 398 g/mol. The third kappa shape index (κ3) is 5.63. The molecule has 0 radical (unpaired) electrons. The molecule has 0 spiro atoms. The van der Waals surface area contributed by atoms with Crippen molar-refractivity contribution in [1.29, 1.82) is 0 Å². The fourth-order valence-corrected chi connectivity index (χ4v) is 2.53. The van der Waals surface area contributed by atoms with Gasteiger partial charge in [-0.2, -0.15) is 10.1 Å². The molecule has 160 valence electrons. The number of nitrogens with two attached hydrogens (primary N) is 2. The smallest absolute Gasteiger partial charge is 0.261 e. The lowest BCUT2D eigenvalue weighted by molar-refractivity contribution is -0.122. The van der Waals surface area contributed by atoms with Gasteiger partial charge in [0, 0.05) is 42.0 Å². The minimum Gasteiger partial charge on any atom is -0.404 e. The summed E-state index contributed by atoms with van der Waals surface area (Å²) in [6.45, 7) is 7.84. The summed E-state index contributed by atoms with van der Waals surface area (Å²) in [6, 6.07) is 0.0548. The van der Waals surface area contributed by atoms with Crippen LogP contribution in [0.4, 0.5) is 5.95 Å². The second-order valence-corrected chi connectivity index (χ2v) is 6.88. The molecule has 31 heavy (non-hydrogen) atoms. The summed E-state index contributed by atoms with van der Waals surface area (Å²) in [5, 5.41) is 10.9. The Balaban J connectivity index is 1.69. The van der Waals surface area contributed by atoms with Crippen molar-refractivity contribution < 1.29 is 9.32 Å². The molecule has 0 saturated heterocycles. The van der Waals surface area contributed by atoms with Gasteiger partial charge in [-0.15, -0.1) is 0 Å². The van der Waals surface area contributed by atoms with Gasteiger partial charge in [0.1, 0.15) is 6.54 Å². The highest BCUT2D eigenvalue weighted by atomic mass is 16.5. The highest BCUT2D eigenvalue weighted by Gasteiger charge is 2.14. The first-order chi connectivity index (χ1) is 14.9. The number of amides is 1. The molecule has 0 aliphatic heterocycles. The van der Waals surface area contributed by atoms with Crippen LogP contribution in [0.3, 0.4) is 0 Å². The summed E-state index contributed by atoms with van der Waals surface area (Å²) in [5.41, 5.74) is 13.7. The summed E-state index contributed by atoms with van der Waals surface area (Å²) in [5.74, 6) is 0.594. The van der Waals surface area contributed by atoms with Crippen LogP contribution in [0.25, 0.3) is 22.6 Å². The Morgan fingerprint density at radius 3 is 2.71 bits per heavy atom. The number of nitrogens with one attached hydrogen (secondary N) is 1. The first-order valence-electron chi connectivity index (χ1n) is 9.38. The van der Waals surface area contributed by atoms with Crippen molar-refractivity contribution in [2.75, 3.05) is 5.73 Å². The van der Waals surface area contributed by atoms with Gasteiger partial charge < -0.3 is 21.3 Å². The van der Waals surface area contributed by atoms with E-state index in [-0.39, 0.29) is 30.3 Å². The van der Waals surface area contributed by atoms with Gasteiger partial charge in [0.05, 0.1) is 11.8 Å². The standard InChI is InChI=1S/C20H23N9O2/c1-12(2)26-17(30)11-29-10-16(9-25-29)19-27-18(28-31-19)14(6-21)5-4-13(3)15-7-23-20(22)24-8-15/h4-10,12H,3,11,21H2,1-2H3,(H,26,30)(H2,22,23,24)/b5-4-,14-6+. The zero-order valence-corrected chi connectivity index (χ0v) is 17.2. The van der Waals surface area contributed by atoms with Gasteiger partial charge >= 0.3 is 0 Å². The summed E-state index contributed by atoms with van der Waals surface area (Å²) >= 11 is 0. The minimum absolute atomic E-state index is 0.0548. The lowest BCUT2D eigenvalue weighted by Gasteiger charge is -2.07. The molecule has 1 amide bonds. The number of anilines is 1. The molecule has 3 heterocycles. The predicted molar refractivity (Wildman–Crippen MR) is 116 cm³/mol. The number of aromatic nitrogens is 6. The van der Waals surface area contributed by atoms with Gasteiger partial charge in [0.25, 0.3) is 5.89 Å². The van der Waals surface area contributed by atoms with Gasteiger partial charge in [0.2, 0.25) is 17.7 Å². The van der Waals surface area contributed by atoms with Crippen molar-refractivity contribution in [2.24, 2.45) is 5.73 Å². The molecule has 0 aromatic carbocycles. The van der Waals surface area contributed by atoms with E-state index >= 15 is 0 Å². The van der Waals surface area contributed by atoms with Gasteiger partial charge in [-0.1, -0.05) is 17.8 Å². The fraction of sp³-hybridized carbons (Fsp3) is 0.200. The van der Waals surface area contributed by atoms with Gasteiger partial charge in [0.15, 0.2) is 0 Å². The van der Waals surface area contributed by atoms with Crippen molar-refractivity contribution in [2.45, 2.75) is 26.4 Å². The number of allylic oxidation sites excluding steroid dienone is 4. The summed E-state index contributed by atoms with van der Waals surface area (Å²) in [4.78, 5) is 24.1. The van der Waals surface area contributed by atoms with Crippen LogP contribution in [-0.2, 0) is 11.3 Å². The number of nitrogen functional groups attached to an aromatic ring is 1. The largest absolute Gasteiger partial charge is 0.404 e. The molecule has 0 unspecified atom stereocenters. The van der Waals surface area contributed by atoms with Gasteiger partial charge in [-0.3, -0.25) is 9.48 Å². The number of carbonyl (C=O) groups excluding carboxylic acids is 1. The van der Waals surface area contributed by atoms with E-state index in [1.807, 2.05) is 13.8 Å². The maximum absolute atomic E-state index is 11.9. The Kier molecular flexibility index (Phi) is 6.55. The molecular formula is C20H23N9O2. The number of rotatable bonds is 8. The molecule has 5 N–H and O–H groups in total. The first kappa shape index (κ1) is 21.4. The van der Waals surface area contributed by atoms with Crippen molar-refractivity contribution in [3.05, 3.63) is 61.1 Å². The van der Waals surface area contributed by atoms with E-state index in [0.29, 0.717) is 28.1 Å². The van der Waals surface area contributed by atoms with Gasteiger partial charge in [-0.25, -0.2) is 9.97 Å². The van der Waals surface area contributed by atoms with Crippen LogP contribution < -0.4 is 16.8 Å². The molecule has 0 atom stereocenters. The summed E-state index contributed by atoms with van der Waals surface area (Å²) in [7, 11) is 0. The van der Waals surface area contributed by atoms with Crippen LogP contribution in [0.15, 0.2) is 54.2 Å². The lowest BCUT2D eigenvalue weighted by atomic mass is 10.1. The van der Waals surface area contributed by atoms with Gasteiger partial charge in [-0.05, 0) is 25.5 Å². The molecule has 0 bridgehead atoms. The van der Waals surface area contributed by atoms with E-state index in [9.17, 15) is 4.79 Å². The zero-order valence-electron chi connectivity index (χ0n) is 17.2. The lowest BCUT2D eigenvalue weighted by Crippen LogP contribution is -2.33. The third-order valence-electron chi connectivity index (χ3n) is 4.01. The Labute approximate surface area is 178 Å². The summed E-state index contributed by atoms with van der Waals surface area (Å²) < 4.78 is 6.81. The van der Waals surface area contributed by atoms with Crippen molar-refractivity contribution in [3.63, 3.8) is 0 Å². The maximum atomic E-state index is 11.9. The Morgan fingerprint density at radius 1 is 1.29 bits per heavy atom. The Hall–Kier alpha value is -4.28. The average Bonchev–Trinajstić information content (AvgIpc) is 3.38. The molecule has 3 aromatic rings. The highest BCUT2D eigenvalue weighted by molar-refractivity contribution is 5.78. The Bertz CT molecular complexity index is 1120. The second-order valence-electron chi connectivity index (χ2n) is 6.88. The monoisotopic (exact) mass is 421 g/mol. The molecule has 0 fully saturated rings. The number of nitrogens with zero attached hydrogens (tertiary/aromatic N) is 6. The van der Waals surface area contributed by atoms with Crippen LogP contribution in [0.2, 0.25) is 0 Å². The number of hydrogen-bond acceptors (Lipinski definition) is 9. The van der Waals surface area contributed by atoms with Crippen LogP contribution in [0.1, 0.15) is 25.2 Å². The van der Waals surface area contributed by atoms with E-state index in [1.54, 1.807) is 36.9 Å². The van der Waals surface area contributed by atoms with E-state index in [0.717, 1.165) is 0 Å².